The second kappa shape index (κ2) is 7.94. The lowest BCUT2D eigenvalue weighted by molar-refractivity contribution is 0.307. The molecule has 3 aromatic rings. The van der Waals surface area contributed by atoms with E-state index in [0.717, 1.165) is 46.4 Å². The van der Waals surface area contributed by atoms with E-state index in [1.165, 1.54) is 0 Å². The zero-order chi connectivity index (χ0) is 17.6. The second-order valence-electron chi connectivity index (χ2n) is 6.18. The van der Waals surface area contributed by atoms with Gasteiger partial charge in [-0.05, 0) is 50.1 Å². The molecule has 0 aliphatic rings. The number of fused-ring (bicyclic) bond motifs is 1. The predicted molar refractivity (Wildman–Crippen MR) is 100 cm³/mol. The normalized spacial score (nSPS) is 11.0. The monoisotopic (exact) mass is 337 g/mol. The van der Waals surface area contributed by atoms with Crippen molar-refractivity contribution in [1.29, 1.82) is 0 Å². The quantitative estimate of drug-likeness (QED) is 0.650. The van der Waals surface area contributed by atoms with E-state index in [1.807, 2.05) is 38.1 Å². The summed E-state index contributed by atoms with van der Waals surface area (Å²) in [5, 5.41) is 4.13. The summed E-state index contributed by atoms with van der Waals surface area (Å²) in [6.45, 7) is 6.06. The SMILES string of the molecule is Cc1ccc(C)c2c(=O)cc(CNCCCOc3cccnc3)[nH]c12. The van der Waals surface area contributed by atoms with E-state index in [4.69, 9.17) is 4.74 Å². The zero-order valence-electron chi connectivity index (χ0n) is 14.6. The summed E-state index contributed by atoms with van der Waals surface area (Å²) in [7, 11) is 0. The van der Waals surface area contributed by atoms with Crippen LogP contribution in [0, 0.1) is 13.8 Å². The molecule has 130 valence electrons. The summed E-state index contributed by atoms with van der Waals surface area (Å²) in [5.41, 5.74) is 4.01. The Labute approximate surface area is 147 Å². The number of pyridine rings is 2. The maximum Gasteiger partial charge on any atom is 0.189 e. The first-order valence-electron chi connectivity index (χ1n) is 8.51. The van der Waals surface area contributed by atoms with Crippen molar-refractivity contribution in [2.45, 2.75) is 26.8 Å². The summed E-state index contributed by atoms with van der Waals surface area (Å²) in [4.78, 5) is 19.8. The van der Waals surface area contributed by atoms with Crippen LogP contribution in [0.3, 0.4) is 0 Å². The smallest absolute Gasteiger partial charge is 0.189 e. The third kappa shape index (κ3) is 4.25. The summed E-state index contributed by atoms with van der Waals surface area (Å²) in [5.74, 6) is 0.784. The van der Waals surface area contributed by atoms with Gasteiger partial charge in [0.2, 0.25) is 0 Å². The molecule has 5 heteroatoms. The van der Waals surface area contributed by atoms with Crippen LogP contribution in [0.4, 0.5) is 0 Å². The first-order chi connectivity index (χ1) is 12.1. The van der Waals surface area contributed by atoms with Crippen LogP contribution < -0.4 is 15.5 Å². The third-order valence-corrected chi connectivity index (χ3v) is 4.18. The fraction of sp³-hybridized carbons (Fsp3) is 0.300. The van der Waals surface area contributed by atoms with Crippen molar-refractivity contribution in [2.75, 3.05) is 13.2 Å². The van der Waals surface area contributed by atoms with E-state index < -0.39 is 0 Å². The fourth-order valence-electron chi connectivity index (χ4n) is 2.85. The fourth-order valence-corrected chi connectivity index (χ4v) is 2.85. The summed E-state index contributed by atoms with van der Waals surface area (Å²) in [6, 6.07) is 9.47. The van der Waals surface area contributed by atoms with E-state index in [-0.39, 0.29) is 5.43 Å². The lowest BCUT2D eigenvalue weighted by Crippen LogP contribution is -2.19. The number of rotatable bonds is 7. The van der Waals surface area contributed by atoms with Crippen LogP contribution in [0.1, 0.15) is 23.2 Å². The first kappa shape index (κ1) is 17.2. The van der Waals surface area contributed by atoms with Gasteiger partial charge < -0.3 is 15.0 Å². The van der Waals surface area contributed by atoms with Gasteiger partial charge in [0.1, 0.15) is 5.75 Å². The molecule has 3 rings (SSSR count). The van der Waals surface area contributed by atoms with Crippen molar-refractivity contribution in [3.63, 3.8) is 0 Å². The molecule has 1 aromatic carbocycles. The molecule has 0 saturated heterocycles. The minimum absolute atomic E-state index is 0.0756. The lowest BCUT2D eigenvalue weighted by Gasteiger charge is -2.10. The molecule has 2 heterocycles. The van der Waals surface area contributed by atoms with Crippen molar-refractivity contribution in [2.24, 2.45) is 0 Å². The van der Waals surface area contributed by atoms with Crippen LogP contribution in [-0.4, -0.2) is 23.1 Å². The number of hydrogen-bond donors (Lipinski definition) is 2. The molecule has 0 fully saturated rings. The standard InChI is InChI=1S/C20H23N3O2/c1-14-6-7-15(2)20-19(14)18(24)11-16(23-20)12-21-9-4-10-25-17-5-3-8-22-13-17/h3,5-8,11,13,21H,4,9-10,12H2,1-2H3,(H,23,24). The average Bonchev–Trinajstić information content (AvgIpc) is 2.62. The van der Waals surface area contributed by atoms with Crippen LogP contribution in [0.2, 0.25) is 0 Å². The van der Waals surface area contributed by atoms with Crippen LogP contribution in [0.15, 0.2) is 47.5 Å². The van der Waals surface area contributed by atoms with E-state index in [1.54, 1.807) is 18.5 Å². The second-order valence-corrected chi connectivity index (χ2v) is 6.18. The first-order valence-corrected chi connectivity index (χ1v) is 8.51. The number of nitrogens with one attached hydrogen (secondary N) is 2. The summed E-state index contributed by atoms with van der Waals surface area (Å²) in [6.07, 6.45) is 4.31. The van der Waals surface area contributed by atoms with Gasteiger partial charge >= 0.3 is 0 Å². The number of H-pyrrole nitrogens is 1. The molecular weight excluding hydrogens is 314 g/mol. The predicted octanol–water partition coefficient (Wildman–Crippen LogP) is 3.10. The van der Waals surface area contributed by atoms with E-state index in [0.29, 0.717) is 13.2 Å². The maximum absolute atomic E-state index is 12.4. The Bertz CT molecular complexity index is 904. The molecule has 5 nitrogen and oxygen atoms in total. The molecule has 0 bridgehead atoms. The van der Waals surface area contributed by atoms with Crippen molar-refractivity contribution >= 4 is 10.9 Å². The molecule has 0 aliphatic heterocycles. The molecule has 0 radical (unpaired) electrons. The molecule has 25 heavy (non-hydrogen) atoms. The molecule has 0 spiro atoms. The number of benzene rings is 1. The summed E-state index contributed by atoms with van der Waals surface area (Å²) < 4.78 is 5.60. The van der Waals surface area contributed by atoms with E-state index in [2.05, 4.69) is 15.3 Å². The minimum Gasteiger partial charge on any atom is -0.492 e. The highest BCUT2D eigenvalue weighted by Crippen LogP contribution is 2.17. The van der Waals surface area contributed by atoms with Crippen molar-refractivity contribution < 1.29 is 4.74 Å². The van der Waals surface area contributed by atoms with Gasteiger partial charge in [0.25, 0.3) is 0 Å². The number of hydrogen-bond acceptors (Lipinski definition) is 4. The molecule has 0 aliphatic carbocycles. The number of aromatic amines is 1. The van der Waals surface area contributed by atoms with E-state index in [9.17, 15) is 4.79 Å². The largest absolute Gasteiger partial charge is 0.492 e. The number of nitrogens with zero attached hydrogens (tertiary/aromatic N) is 1. The molecule has 2 N–H and O–H groups in total. The lowest BCUT2D eigenvalue weighted by atomic mass is 10.0. The van der Waals surface area contributed by atoms with Crippen LogP contribution in [0.5, 0.6) is 5.75 Å². The summed E-state index contributed by atoms with van der Waals surface area (Å²) >= 11 is 0. The van der Waals surface area contributed by atoms with Gasteiger partial charge in [-0.3, -0.25) is 9.78 Å². The third-order valence-electron chi connectivity index (χ3n) is 4.18. The Balaban J connectivity index is 1.53. The molecule has 0 amide bonds. The van der Waals surface area contributed by atoms with Gasteiger partial charge in [0.05, 0.1) is 18.3 Å². The highest BCUT2D eigenvalue weighted by molar-refractivity contribution is 5.84. The van der Waals surface area contributed by atoms with Gasteiger partial charge in [-0.25, -0.2) is 0 Å². The molecule has 0 unspecified atom stereocenters. The van der Waals surface area contributed by atoms with Crippen molar-refractivity contribution in [3.8, 4) is 5.75 Å². The highest BCUT2D eigenvalue weighted by atomic mass is 16.5. The molecule has 2 aromatic heterocycles. The van der Waals surface area contributed by atoms with Crippen molar-refractivity contribution in [3.05, 3.63) is 69.8 Å². The van der Waals surface area contributed by atoms with Crippen LogP contribution >= 0.6 is 0 Å². The van der Waals surface area contributed by atoms with Crippen LogP contribution in [0.25, 0.3) is 10.9 Å². The Hall–Kier alpha value is -2.66. The Morgan fingerprint density at radius 2 is 2.04 bits per heavy atom. The Morgan fingerprint density at radius 1 is 1.20 bits per heavy atom. The topological polar surface area (TPSA) is 67.0 Å². The average molecular weight is 337 g/mol. The zero-order valence-corrected chi connectivity index (χ0v) is 14.6. The van der Waals surface area contributed by atoms with Gasteiger partial charge in [0.15, 0.2) is 5.43 Å². The van der Waals surface area contributed by atoms with Crippen molar-refractivity contribution in [1.82, 2.24) is 15.3 Å². The molecule has 0 saturated carbocycles. The number of aryl methyl sites for hydroxylation is 2. The Kier molecular flexibility index (Phi) is 5.46. The van der Waals surface area contributed by atoms with Gasteiger partial charge in [-0.2, -0.15) is 0 Å². The highest BCUT2D eigenvalue weighted by Gasteiger charge is 2.07. The molecule has 0 atom stereocenters. The van der Waals surface area contributed by atoms with E-state index >= 15 is 0 Å². The van der Waals surface area contributed by atoms with Crippen LogP contribution in [-0.2, 0) is 6.54 Å². The number of aromatic nitrogens is 2. The van der Waals surface area contributed by atoms with Gasteiger partial charge in [-0.15, -0.1) is 0 Å². The van der Waals surface area contributed by atoms with Gasteiger partial charge in [-0.1, -0.05) is 12.1 Å². The van der Waals surface area contributed by atoms with Gasteiger partial charge in [0, 0.05) is 29.9 Å². The molecular formula is C20H23N3O2. The Morgan fingerprint density at radius 3 is 2.84 bits per heavy atom. The maximum atomic E-state index is 12.4. The minimum atomic E-state index is 0.0756. The number of ether oxygens (including phenoxy) is 1.